The van der Waals surface area contributed by atoms with Gasteiger partial charge in [0.2, 0.25) is 10.0 Å². The van der Waals surface area contributed by atoms with Gasteiger partial charge in [0.25, 0.3) is 5.56 Å². The Bertz CT molecular complexity index is 551. The van der Waals surface area contributed by atoms with Gasteiger partial charge in [-0.25, -0.2) is 13.1 Å². The number of sulfonamides is 1. The first kappa shape index (κ1) is 14.2. The van der Waals surface area contributed by atoms with Crippen LogP contribution in [0.25, 0.3) is 0 Å². The average molecular weight is 279 g/mol. The molecular formula is C10H15ClN2O3S. The number of hydrogen-bond acceptors (Lipinski definition) is 3. The minimum atomic E-state index is -3.65. The molecule has 2 N–H and O–H groups in total. The first-order valence-corrected chi connectivity index (χ1v) is 7.00. The third-order valence-electron chi connectivity index (χ3n) is 2.48. The fourth-order valence-corrected chi connectivity index (χ4v) is 2.66. The average Bonchev–Trinajstić information content (AvgIpc) is 2.21. The van der Waals surface area contributed by atoms with Crippen LogP contribution in [0.5, 0.6) is 0 Å². The molecule has 0 fully saturated rings. The lowest BCUT2D eigenvalue weighted by Gasteiger charge is -2.17. The molecule has 7 heteroatoms. The van der Waals surface area contributed by atoms with Gasteiger partial charge in [0.1, 0.15) is 5.02 Å². The standard InChI is InChI=1S/C10H15ClN2O3S/c1-6(2)7(3)13-17(15,16)8-4-9(11)10(14)12-5-8/h4-7,13H,1-3H3,(H,12,14). The van der Waals surface area contributed by atoms with Gasteiger partial charge >= 0.3 is 0 Å². The number of pyridine rings is 1. The summed E-state index contributed by atoms with van der Waals surface area (Å²) in [5, 5.41) is -0.148. The molecule has 0 spiro atoms. The fourth-order valence-electron chi connectivity index (χ4n) is 1.04. The molecule has 0 saturated carbocycles. The van der Waals surface area contributed by atoms with Crippen LogP contribution in [0.2, 0.25) is 5.02 Å². The summed E-state index contributed by atoms with van der Waals surface area (Å²) in [6.07, 6.45) is 1.13. The van der Waals surface area contributed by atoms with Crippen molar-refractivity contribution in [2.24, 2.45) is 5.92 Å². The van der Waals surface area contributed by atoms with Crippen LogP contribution in [0.4, 0.5) is 0 Å². The molecule has 1 unspecified atom stereocenters. The summed E-state index contributed by atoms with van der Waals surface area (Å²) in [5.74, 6) is 0.169. The van der Waals surface area contributed by atoms with Crippen molar-refractivity contribution in [2.45, 2.75) is 31.7 Å². The van der Waals surface area contributed by atoms with Gasteiger partial charge < -0.3 is 4.98 Å². The van der Waals surface area contributed by atoms with Gasteiger partial charge in [0.05, 0.1) is 4.90 Å². The van der Waals surface area contributed by atoms with Gasteiger partial charge in [-0.05, 0) is 18.9 Å². The van der Waals surface area contributed by atoms with E-state index >= 15 is 0 Å². The summed E-state index contributed by atoms with van der Waals surface area (Å²) in [5.41, 5.74) is -0.512. The second kappa shape index (κ2) is 5.20. The van der Waals surface area contributed by atoms with Crippen molar-refractivity contribution < 1.29 is 8.42 Å². The van der Waals surface area contributed by atoms with Crippen LogP contribution in [0, 0.1) is 5.92 Å². The Morgan fingerprint density at radius 3 is 2.41 bits per heavy atom. The molecule has 1 atom stereocenters. The minimum Gasteiger partial charge on any atom is -0.326 e. The molecule has 17 heavy (non-hydrogen) atoms. The smallest absolute Gasteiger partial charge is 0.266 e. The largest absolute Gasteiger partial charge is 0.326 e. The molecular weight excluding hydrogens is 264 g/mol. The Labute approximate surface area is 105 Å². The van der Waals surface area contributed by atoms with Crippen molar-refractivity contribution in [2.75, 3.05) is 0 Å². The van der Waals surface area contributed by atoms with Crippen molar-refractivity contribution in [3.63, 3.8) is 0 Å². The molecule has 0 aliphatic carbocycles. The van der Waals surface area contributed by atoms with Crippen LogP contribution in [-0.2, 0) is 10.0 Å². The molecule has 0 saturated heterocycles. The van der Waals surface area contributed by atoms with Crippen molar-refractivity contribution in [1.29, 1.82) is 0 Å². The quantitative estimate of drug-likeness (QED) is 0.873. The maximum absolute atomic E-state index is 11.9. The molecule has 1 aromatic rings. The summed E-state index contributed by atoms with van der Waals surface area (Å²) in [4.78, 5) is 13.2. The van der Waals surface area contributed by atoms with Gasteiger partial charge in [-0.3, -0.25) is 4.79 Å². The Kier molecular flexibility index (Phi) is 4.35. The second-order valence-corrected chi connectivity index (χ2v) is 6.29. The number of hydrogen-bond donors (Lipinski definition) is 2. The van der Waals surface area contributed by atoms with Crippen molar-refractivity contribution in [3.05, 3.63) is 27.6 Å². The highest BCUT2D eigenvalue weighted by atomic mass is 35.5. The molecule has 0 aliphatic rings. The molecule has 1 heterocycles. The van der Waals surface area contributed by atoms with Crippen LogP contribution in [0.1, 0.15) is 20.8 Å². The zero-order valence-corrected chi connectivity index (χ0v) is 11.4. The topological polar surface area (TPSA) is 79.0 Å². The molecule has 1 rings (SSSR count). The highest BCUT2D eigenvalue weighted by Gasteiger charge is 2.20. The maximum atomic E-state index is 11.9. The molecule has 0 radical (unpaired) electrons. The van der Waals surface area contributed by atoms with Gasteiger partial charge in [-0.15, -0.1) is 0 Å². The Hall–Kier alpha value is -0.850. The molecule has 0 bridgehead atoms. The molecule has 96 valence electrons. The van der Waals surface area contributed by atoms with E-state index in [1.807, 2.05) is 13.8 Å². The number of halogens is 1. The number of rotatable bonds is 4. The van der Waals surface area contributed by atoms with E-state index in [1.54, 1.807) is 6.92 Å². The van der Waals surface area contributed by atoms with E-state index in [0.717, 1.165) is 12.3 Å². The number of aromatic nitrogens is 1. The van der Waals surface area contributed by atoms with Gasteiger partial charge in [-0.2, -0.15) is 0 Å². The second-order valence-electron chi connectivity index (χ2n) is 4.17. The van der Waals surface area contributed by atoms with E-state index in [0.29, 0.717) is 0 Å². The lowest BCUT2D eigenvalue weighted by Crippen LogP contribution is -2.36. The summed E-state index contributed by atoms with van der Waals surface area (Å²) in [6.45, 7) is 5.59. The Morgan fingerprint density at radius 2 is 1.94 bits per heavy atom. The monoisotopic (exact) mass is 278 g/mol. The van der Waals surface area contributed by atoms with E-state index in [9.17, 15) is 13.2 Å². The zero-order valence-electron chi connectivity index (χ0n) is 9.82. The predicted octanol–water partition coefficient (Wildman–Crippen LogP) is 1.35. The van der Waals surface area contributed by atoms with Crippen LogP contribution >= 0.6 is 11.6 Å². The lowest BCUT2D eigenvalue weighted by molar-refractivity contribution is 0.476. The first-order chi connectivity index (χ1) is 7.74. The Balaban J connectivity index is 3.06. The highest BCUT2D eigenvalue weighted by Crippen LogP contribution is 2.12. The van der Waals surface area contributed by atoms with Crippen LogP contribution in [0.15, 0.2) is 22.0 Å². The van der Waals surface area contributed by atoms with Crippen molar-refractivity contribution >= 4 is 21.6 Å². The lowest BCUT2D eigenvalue weighted by atomic mass is 10.1. The summed E-state index contributed by atoms with van der Waals surface area (Å²) in [7, 11) is -3.65. The van der Waals surface area contributed by atoms with Crippen LogP contribution in [0.3, 0.4) is 0 Å². The molecule has 0 aliphatic heterocycles. The minimum absolute atomic E-state index is 0.0467. The van der Waals surface area contributed by atoms with E-state index in [-0.39, 0.29) is 21.9 Å². The number of aromatic amines is 1. The fraction of sp³-hybridized carbons (Fsp3) is 0.500. The molecule has 1 aromatic heterocycles. The predicted molar refractivity (Wildman–Crippen MR) is 66.7 cm³/mol. The maximum Gasteiger partial charge on any atom is 0.266 e. The van der Waals surface area contributed by atoms with Crippen LogP contribution in [-0.4, -0.2) is 19.4 Å². The van der Waals surface area contributed by atoms with Gasteiger partial charge in [0, 0.05) is 12.2 Å². The molecule has 5 nitrogen and oxygen atoms in total. The Morgan fingerprint density at radius 1 is 1.35 bits per heavy atom. The molecule has 0 amide bonds. The number of H-pyrrole nitrogens is 1. The van der Waals surface area contributed by atoms with E-state index in [2.05, 4.69) is 9.71 Å². The summed E-state index contributed by atoms with van der Waals surface area (Å²) >= 11 is 5.58. The normalized spacial score (nSPS) is 13.9. The summed E-state index contributed by atoms with van der Waals surface area (Å²) in [6, 6.07) is 0.932. The number of nitrogens with one attached hydrogen (secondary N) is 2. The SMILES string of the molecule is CC(C)C(C)NS(=O)(=O)c1c[nH]c(=O)c(Cl)c1. The van der Waals surface area contributed by atoms with E-state index < -0.39 is 15.6 Å². The van der Waals surface area contributed by atoms with Crippen LogP contribution < -0.4 is 10.3 Å². The third-order valence-corrected chi connectivity index (χ3v) is 4.30. The highest BCUT2D eigenvalue weighted by molar-refractivity contribution is 7.89. The van der Waals surface area contributed by atoms with Gasteiger partial charge in [-0.1, -0.05) is 25.4 Å². The van der Waals surface area contributed by atoms with Crippen molar-refractivity contribution in [1.82, 2.24) is 9.71 Å². The summed E-state index contributed by atoms with van der Waals surface area (Å²) < 4.78 is 26.3. The van der Waals surface area contributed by atoms with E-state index in [1.165, 1.54) is 0 Å². The first-order valence-electron chi connectivity index (χ1n) is 5.14. The van der Waals surface area contributed by atoms with Crippen molar-refractivity contribution in [3.8, 4) is 0 Å². The molecule has 0 aromatic carbocycles. The third kappa shape index (κ3) is 3.55. The van der Waals surface area contributed by atoms with E-state index in [4.69, 9.17) is 11.6 Å². The zero-order chi connectivity index (χ0) is 13.2. The van der Waals surface area contributed by atoms with Gasteiger partial charge in [0.15, 0.2) is 0 Å².